The van der Waals surface area contributed by atoms with E-state index < -0.39 is 0 Å². The maximum absolute atomic E-state index is 13.7. The zero-order chi connectivity index (χ0) is 24.4. The van der Waals surface area contributed by atoms with E-state index in [0.717, 1.165) is 30.5 Å². The molecule has 4 aromatic rings. The van der Waals surface area contributed by atoms with Crippen LogP contribution in [0.15, 0.2) is 48.7 Å². The Balaban J connectivity index is 1.50. The Bertz CT molecular complexity index is 1390. The number of amides is 1. The van der Waals surface area contributed by atoms with Crippen molar-refractivity contribution in [1.29, 1.82) is 0 Å². The van der Waals surface area contributed by atoms with Gasteiger partial charge in [0.05, 0.1) is 30.1 Å². The van der Waals surface area contributed by atoms with E-state index in [2.05, 4.69) is 25.9 Å². The summed E-state index contributed by atoms with van der Waals surface area (Å²) in [5.74, 6) is 0.485. The molecule has 1 amide bonds. The molecule has 1 fully saturated rings. The summed E-state index contributed by atoms with van der Waals surface area (Å²) in [5.41, 5.74) is 3.47. The SMILES string of the molecule is COc1cc2nnn(Cc3cccc(F)c3)c2cc1-c1cc(NC(=O)[C@@H]2CCCNC2)ncc1Cl. The van der Waals surface area contributed by atoms with Crippen LogP contribution in [0.2, 0.25) is 5.02 Å². The van der Waals surface area contributed by atoms with Gasteiger partial charge in [0.1, 0.15) is 22.9 Å². The van der Waals surface area contributed by atoms with Crippen LogP contribution >= 0.6 is 11.6 Å². The standard InChI is InChI=1S/C25H24ClFN6O2/c1-35-23-11-21-22(33(32-31-21)14-15-4-2-6-17(27)8-15)9-19(23)18-10-24(29-13-20(18)26)30-25(34)16-5-3-7-28-12-16/h2,4,6,8-11,13,16,28H,3,5,7,12,14H2,1H3,(H,29,30,34)/t16-/m1/s1. The molecule has 10 heteroatoms. The van der Waals surface area contributed by atoms with E-state index in [4.69, 9.17) is 16.3 Å². The Hall–Kier alpha value is -3.56. The normalized spacial score (nSPS) is 15.8. The van der Waals surface area contributed by atoms with Crippen molar-refractivity contribution in [3.63, 3.8) is 0 Å². The number of carbonyl (C=O) groups excluding carboxylic acids is 1. The Morgan fingerprint density at radius 2 is 2.17 bits per heavy atom. The zero-order valence-corrected chi connectivity index (χ0v) is 19.8. The van der Waals surface area contributed by atoms with E-state index in [-0.39, 0.29) is 17.6 Å². The molecule has 3 heterocycles. The van der Waals surface area contributed by atoms with Crippen LogP contribution in [0.3, 0.4) is 0 Å². The zero-order valence-electron chi connectivity index (χ0n) is 19.1. The number of rotatable bonds is 6. The molecule has 0 radical (unpaired) electrons. The fraction of sp³-hybridized carbons (Fsp3) is 0.280. The van der Waals surface area contributed by atoms with Crippen LogP contribution in [0.25, 0.3) is 22.2 Å². The number of benzene rings is 2. The van der Waals surface area contributed by atoms with Gasteiger partial charge in [0.25, 0.3) is 0 Å². The number of ether oxygens (including phenoxy) is 1. The molecule has 180 valence electrons. The van der Waals surface area contributed by atoms with Crippen LogP contribution in [0, 0.1) is 11.7 Å². The molecule has 0 spiro atoms. The quantitative estimate of drug-likeness (QED) is 0.415. The number of carbonyl (C=O) groups is 1. The Labute approximate surface area is 206 Å². The first-order valence-electron chi connectivity index (χ1n) is 11.3. The van der Waals surface area contributed by atoms with Crippen molar-refractivity contribution in [2.45, 2.75) is 19.4 Å². The maximum Gasteiger partial charge on any atom is 0.229 e. The third-order valence-corrected chi connectivity index (χ3v) is 6.42. The van der Waals surface area contributed by atoms with Crippen molar-refractivity contribution in [3.05, 3.63) is 65.1 Å². The smallest absolute Gasteiger partial charge is 0.229 e. The molecule has 5 rings (SSSR count). The number of fused-ring (bicyclic) bond motifs is 1. The second-order valence-electron chi connectivity index (χ2n) is 8.50. The highest BCUT2D eigenvalue weighted by Gasteiger charge is 2.22. The number of nitrogens with one attached hydrogen (secondary N) is 2. The predicted molar refractivity (Wildman–Crippen MR) is 132 cm³/mol. The van der Waals surface area contributed by atoms with E-state index in [1.807, 2.05) is 12.1 Å². The summed E-state index contributed by atoms with van der Waals surface area (Å²) in [7, 11) is 1.57. The molecule has 2 aromatic heterocycles. The third kappa shape index (κ3) is 4.96. The fourth-order valence-electron chi connectivity index (χ4n) is 4.32. The summed E-state index contributed by atoms with van der Waals surface area (Å²) in [5, 5.41) is 15.1. The van der Waals surface area contributed by atoms with Gasteiger partial charge in [-0.3, -0.25) is 4.79 Å². The number of nitrogens with zero attached hydrogens (tertiary/aromatic N) is 4. The molecule has 8 nitrogen and oxygen atoms in total. The van der Waals surface area contributed by atoms with Gasteiger partial charge in [-0.15, -0.1) is 5.10 Å². The number of methoxy groups -OCH3 is 1. The molecule has 0 saturated carbocycles. The van der Waals surface area contributed by atoms with E-state index >= 15 is 0 Å². The minimum atomic E-state index is -0.309. The Morgan fingerprint density at radius 1 is 1.29 bits per heavy atom. The molecule has 1 saturated heterocycles. The van der Waals surface area contributed by atoms with Gasteiger partial charge < -0.3 is 15.4 Å². The molecule has 1 aliphatic rings. The lowest BCUT2D eigenvalue weighted by Crippen LogP contribution is -2.37. The second-order valence-corrected chi connectivity index (χ2v) is 8.91. The van der Waals surface area contributed by atoms with Crippen LogP contribution in [0.5, 0.6) is 5.75 Å². The summed E-state index contributed by atoms with van der Waals surface area (Å²) < 4.78 is 21.0. The van der Waals surface area contributed by atoms with Gasteiger partial charge in [-0.05, 0) is 49.2 Å². The van der Waals surface area contributed by atoms with Crippen molar-refractivity contribution in [2.24, 2.45) is 5.92 Å². The maximum atomic E-state index is 13.7. The molecular weight excluding hydrogens is 471 g/mol. The Kier molecular flexibility index (Phi) is 6.61. The monoisotopic (exact) mass is 494 g/mol. The molecule has 1 aliphatic heterocycles. The lowest BCUT2D eigenvalue weighted by atomic mass is 9.99. The van der Waals surface area contributed by atoms with Gasteiger partial charge in [0, 0.05) is 29.9 Å². The second kappa shape index (κ2) is 9.97. The first-order chi connectivity index (χ1) is 17.0. The molecule has 0 unspecified atom stereocenters. The largest absolute Gasteiger partial charge is 0.496 e. The van der Waals surface area contributed by atoms with Gasteiger partial charge in [-0.1, -0.05) is 28.9 Å². The van der Waals surface area contributed by atoms with Crippen LogP contribution in [-0.4, -0.2) is 46.1 Å². The fourth-order valence-corrected chi connectivity index (χ4v) is 4.52. The van der Waals surface area contributed by atoms with Crippen LogP contribution in [0.4, 0.5) is 10.2 Å². The van der Waals surface area contributed by atoms with Gasteiger partial charge in [-0.25, -0.2) is 14.1 Å². The number of halogens is 2. The van der Waals surface area contributed by atoms with Crippen LogP contribution < -0.4 is 15.4 Å². The lowest BCUT2D eigenvalue weighted by Gasteiger charge is -2.21. The first kappa shape index (κ1) is 23.2. The Morgan fingerprint density at radius 3 is 2.94 bits per heavy atom. The lowest BCUT2D eigenvalue weighted by molar-refractivity contribution is -0.120. The summed E-state index contributed by atoms with van der Waals surface area (Å²) in [6.07, 6.45) is 3.32. The molecule has 1 atom stereocenters. The molecule has 0 aliphatic carbocycles. The van der Waals surface area contributed by atoms with E-state index in [0.29, 0.717) is 46.3 Å². The van der Waals surface area contributed by atoms with Crippen LogP contribution in [0.1, 0.15) is 18.4 Å². The summed E-state index contributed by atoms with van der Waals surface area (Å²) in [4.78, 5) is 17.0. The van der Waals surface area contributed by atoms with Crippen molar-refractivity contribution in [3.8, 4) is 16.9 Å². The highest BCUT2D eigenvalue weighted by Crippen LogP contribution is 2.38. The van der Waals surface area contributed by atoms with Gasteiger partial charge >= 0.3 is 0 Å². The summed E-state index contributed by atoms with van der Waals surface area (Å²) >= 11 is 6.54. The highest BCUT2D eigenvalue weighted by atomic mass is 35.5. The number of aromatic nitrogens is 4. The van der Waals surface area contributed by atoms with Crippen molar-refractivity contribution in [2.75, 3.05) is 25.5 Å². The summed E-state index contributed by atoms with van der Waals surface area (Å²) in [6.45, 7) is 1.93. The van der Waals surface area contributed by atoms with Gasteiger partial charge in [0.15, 0.2) is 0 Å². The van der Waals surface area contributed by atoms with Crippen molar-refractivity contribution >= 4 is 34.4 Å². The average molecular weight is 495 g/mol. The average Bonchev–Trinajstić information content (AvgIpc) is 3.26. The van der Waals surface area contributed by atoms with Crippen LogP contribution in [-0.2, 0) is 11.3 Å². The van der Waals surface area contributed by atoms with Gasteiger partial charge in [0.2, 0.25) is 5.91 Å². The minimum absolute atomic E-state index is 0.0715. The minimum Gasteiger partial charge on any atom is -0.496 e. The third-order valence-electron chi connectivity index (χ3n) is 6.12. The molecular formula is C25H24ClFN6O2. The highest BCUT2D eigenvalue weighted by molar-refractivity contribution is 6.33. The summed E-state index contributed by atoms with van der Waals surface area (Å²) in [6, 6.07) is 11.8. The number of anilines is 1. The molecule has 2 aromatic carbocycles. The predicted octanol–water partition coefficient (Wildman–Crippen LogP) is 4.28. The van der Waals surface area contributed by atoms with E-state index in [1.54, 1.807) is 30.0 Å². The topological polar surface area (TPSA) is 94.0 Å². The number of pyridine rings is 1. The molecule has 2 N–H and O–H groups in total. The first-order valence-corrected chi connectivity index (χ1v) is 11.7. The van der Waals surface area contributed by atoms with E-state index in [9.17, 15) is 9.18 Å². The number of hydrogen-bond donors (Lipinski definition) is 2. The molecule has 35 heavy (non-hydrogen) atoms. The molecule has 0 bridgehead atoms. The van der Waals surface area contributed by atoms with Gasteiger partial charge in [-0.2, -0.15) is 0 Å². The van der Waals surface area contributed by atoms with Crippen molar-refractivity contribution < 1.29 is 13.9 Å². The number of hydrogen-bond acceptors (Lipinski definition) is 6. The van der Waals surface area contributed by atoms with Crippen molar-refractivity contribution in [1.82, 2.24) is 25.3 Å². The number of piperidine rings is 1. The van der Waals surface area contributed by atoms with E-state index in [1.165, 1.54) is 18.3 Å².